The number of carbonyl (C=O) groups is 1. The highest BCUT2D eigenvalue weighted by atomic mass is 35.5. The van der Waals surface area contributed by atoms with Crippen LogP contribution in [0, 0.1) is 5.82 Å². The fraction of sp³-hybridized carbons (Fsp3) is 0.0870. The van der Waals surface area contributed by atoms with Crippen molar-refractivity contribution in [2.24, 2.45) is 0 Å². The molecule has 3 rings (SSSR count). The predicted octanol–water partition coefficient (Wildman–Crippen LogP) is 6.77. The average Bonchev–Trinajstić information content (AvgIpc) is 2.74. The maximum atomic E-state index is 13.8. The molecule has 9 heteroatoms. The molecule has 0 aliphatic heterocycles. The van der Waals surface area contributed by atoms with Gasteiger partial charge in [0.25, 0.3) is 0 Å². The van der Waals surface area contributed by atoms with Crippen LogP contribution in [0.5, 0.6) is 11.5 Å². The number of allylic oxidation sites excluding steroid dienone is 1. The first-order chi connectivity index (χ1) is 15.2. The number of carbonyl (C=O) groups excluding carboxylic acids is 1. The third kappa shape index (κ3) is 6.75. The van der Waals surface area contributed by atoms with Crippen molar-refractivity contribution in [3.8, 4) is 11.5 Å². The first-order valence-corrected chi connectivity index (χ1v) is 9.58. The molecule has 0 aromatic heterocycles. The van der Waals surface area contributed by atoms with E-state index in [1.807, 2.05) is 0 Å². The normalized spacial score (nSPS) is 11.4. The van der Waals surface area contributed by atoms with E-state index in [2.05, 4.69) is 10.1 Å². The second-order valence-electron chi connectivity index (χ2n) is 6.43. The topological polar surface area (TPSA) is 47.6 Å². The highest BCUT2D eigenvalue weighted by Gasteiger charge is 2.30. The molecule has 0 spiro atoms. The molecule has 1 N–H and O–H groups in total. The van der Waals surface area contributed by atoms with Crippen LogP contribution in [-0.2, 0) is 6.61 Å². The lowest BCUT2D eigenvalue weighted by molar-refractivity contribution is -0.274. The van der Waals surface area contributed by atoms with E-state index in [0.29, 0.717) is 17.0 Å². The Morgan fingerprint density at radius 1 is 0.969 bits per heavy atom. The first kappa shape index (κ1) is 23.1. The third-order valence-corrected chi connectivity index (χ3v) is 4.51. The summed E-state index contributed by atoms with van der Waals surface area (Å²) in [4.78, 5) is 12.2. The van der Waals surface area contributed by atoms with Gasteiger partial charge in [-0.05, 0) is 60.7 Å². The van der Waals surface area contributed by atoms with Gasteiger partial charge in [0.1, 0.15) is 23.9 Å². The van der Waals surface area contributed by atoms with Crippen molar-refractivity contribution in [3.05, 3.63) is 101 Å². The monoisotopic (exact) mass is 465 g/mol. The van der Waals surface area contributed by atoms with Crippen molar-refractivity contribution in [2.45, 2.75) is 13.0 Å². The Morgan fingerprint density at radius 3 is 2.25 bits per heavy atom. The summed E-state index contributed by atoms with van der Waals surface area (Å²) in [6.45, 7) is -0.0601. The van der Waals surface area contributed by atoms with E-state index in [1.54, 1.807) is 30.3 Å². The number of anilines is 1. The summed E-state index contributed by atoms with van der Waals surface area (Å²) in [5.74, 6) is -0.686. The minimum atomic E-state index is -4.76. The highest BCUT2D eigenvalue weighted by molar-refractivity contribution is 6.31. The van der Waals surface area contributed by atoms with Crippen LogP contribution in [0.1, 0.15) is 15.9 Å². The van der Waals surface area contributed by atoms with E-state index in [1.165, 1.54) is 36.5 Å². The summed E-state index contributed by atoms with van der Waals surface area (Å²) in [7, 11) is 0. The molecule has 3 aromatic rings. The van der Waals surface area contributed by atoms with Crippen molar-refractivity contribution < 1.29 is 31.8 Å². The second kappa shape index (κ2) is 10.2. The van der Waals surface area contributed by atoms with Gasteiger partial charge >= 0.3 is 6.36 Å². The largest absolute Gasteiger partial charge is 0.573 e. The van der Waals surface area contributed by atoms with E-state index in [4.69, 9.17) is 16.3 Å². The summed E-state index contributed by atoms with van der Waals surface area (Å²) >= 11 is 5.96. The number of nitrogens with one attached hydrogen (secondary N) is 1. The summed E-state index contributed by atoms with van der Waals surface area (Å²) in [6.07, 6.45) is -2.12. The summed E-state index contributed by atoms with van der Waals surface area (Å²) in [6, 6.07) is 15.7. The zero-order chi connectivity index (χ0) is 23.1. The Labute approximate surface area is 186 Å². The quantitative estimate of drug-likeness (QED) is 0.227. The summed E-state index contributed by atoms with van der Waals surface area (Å²) < 4.78 is 59.6. The number of hydrogen-bond acceptors (Lipinski definition) is 4. The molecule has 4 nitrogen and oxygen atoms in total. The molecule has 0 saturated heterocycles. The van der Waals surface area contributed by atoms with Crippen LogP contribution in [0.15, 0.2) is 79.0 Å². The van der Waals surface area contributed by atoms with Gasteiger partial charge < -0.3 is 14.8 Å². The van der Waals surface area contributed by atoms with Crippen LogP contribution in [0.2, 0.25) is 5.02 Å². The van der Waals surface area contributed by atoms with Gasteiger partial charge in [0.15, 0.2) is 5.78 Å². The standard InChI is InChI=1S/C23H16ClF4NO3/c24-20-2-1-3-21(25)19(20)14-31-17-8-4-15(5-9-17)22(30)12-13-29-16-6-10-18(11-7-16)32-23(26,27)28/h1-13,29H,14H2/b13-12+. The van der Waals surface area contributed by atoms with Crippen molar-refractivity contribution in [2.75, 3.05) is 5.32 Å². The van der Waals surface area contributed by atoms with E-state index >= 15 is 0 Å². The van der Waals surface area contributed by atoms with Crippen molar-refractivity contribution in [1.29, 1.82) is 0 Å². The maximum Gasteiger partial charge on any atom is 0.573 e. The molecule has 0 aliphatic carbocycles. The van der Waals surface area contributed by atoms with Crippen LogP contribution >= 0.6 is 11.6 Å². The first-order valence-electron chi connectivity index (χ1n) is 9.20. The molecule has 0 amide bonds. The molecular weight excluding hydrogens is 450 g/mol. The predicted molar refractivity (Wildman–Crippen MR) is 112 cm³/mol. The molecule has 0 unspecified atom stereocenters. The maximum absolute atomic E-state index is 13.8. The van der Waals surface area contributed by atoms with E-state index in [0.717, 1.165) is 12.1 Å². The Bertz CT molecular complexity index is 1080. The molecule has 0 heterocycles. The van der Waals surface area contributed by atoms with Crippen LogP contribution in [0.4, 0.5) is 23.2 Å². The number of ether oxygens (including phenoxy) is 2. The summed E-state index contributed by atoms with van der Waals surface area (Å²) in [5, 5.41) is 3.05. The third-order valence-electron chi connectivity index (χ3n) is 4.16. The molecule has 32 heavy (non-hydrogen) atoms. The number of ketones is 1. The lowest BCUT2D eigenvalue weighted by atomic mass is 10.1. The Morgan fingerprint density at radius 2 is 1.62 bits per heavy atom. The number of hydrogen-bond donors (Lipinski definition) is 1. The van der Waals surface area contributed by atoms with Gasteiger partial charge in [-0.2, -0.15) is 0 Å². The number of alkyl halides is 3. The van der Waals surface area contributed by atoms with Crippen molar-refractivity contribution in [1.82, 2.24) is 0 Å². The Hall–Kier alpha value is -3.52. The smallest absolute Gasteiger partial charge is 0.489 e. The van der Waals surface area contributed by atoms with E-state index < -0.39 is 12.2 Å². The molecule has 0 bridgehead atoms. The van der Waals surface area contributed by atoms with Gasteiger partial charge in [-0.1, -0.05) is 17.7 Å². The number of benzene rings is 3. The van der Waals surface area contributed by atoms with Crippen LogP contribution in [0.3, 0.4) is 0 Å². The zero-order valence-corrected chi connectivity index (χ0v) is 17.1. The summed E-state index contributed by atoms with van der Waals surface area (Å²) in [5.41, 5.74) is 1.09. The van der Waals surface area contributed by atoms with Crippen LogP contribution in [0.25, 0.3) is 0 Å². The number of rotatable bonds is 8. The average molecular weight is 466 g/mol. The Kier molecular flexibility index (Phi) is 7.37. The van der Waals surface area contributed by atoms with Crippen molar-refractivity contribution in [3.63, 3.8) is 0 Å². The minimum Gasteiger partial charge on any atom is -0.489 e. The van der Waals surface area contributed by atoms with E-state index in [-0.39, 0.29) is 28.7 Å². The number of halogens is 5. The van der Waals surface area contributed by atoms with Gasteiger partial charge in [-0.15, -0.1) is 13.2 Å². The molecule has 0 saturated carbocycles. The lowest BCUT2D eigenvalue weighted by Gasteiger charge is -2.09. The van der Waals surface area contributed by atoms with Gasteiger partial charge in [-0.25, -0.2) is 4.39 Å². The van der Waals surface area contributed by atoms with Gasteiger partial charge in [-0.3, -0.25) is 4.79 Å². The molecule has 0 radical (unpaired) electrons. The van der Waals surface area contributed by atoms with E-state index in [9.17, 15) is 22.4 Å². The lowest BCUT2D eigenvalue weighted by Crippen LogP contribution is -2.16. The molecule has 0 aliphatic rings. The van der Waals surface area contributed by atoms with Crippen LogP contribution in [-0.4, -0.2) is 12.1 Å². The Balaban J connectivity index is 1.52. The van der Waals surface area contributed by atoms with Crippen molar-refractivity contribution >= 4 is 23.1 Å². The second-order valence-corrected chi connectivity index (χ2v) is 6.83. The SMILES string of the molecule is O=C(/C=C/Nc1ccc(OC(F)(F)F)cc1)c1ccc(OCc2c(F)cccc2Cl)cc1. The fourth-order valence-corrected chi connectivity index (χ4v) is 2.82. The molecule has 0 fully saturated rings. The molecule has 3 aromatic carbocycles. The van der Waals surface area contributed by atoms with Gasteiger partial charge in [0.05, 0.1) is 5.02 Å². The minimum absolute atomic E-state index is 0.0601. The zero-order valence-electron chi connectivity index (χ0n) is 16.3. The van der Waals surface area contributed by atoms with Gasteiger partial charge in [0, 0.05) is 29.1 Å². The van der Waals surface area contributed by atoms with Gasteiger partial charge in [0.2, 0.25) is 0 Å². The fourth-order valence-electron chi connectivity index (χ4n) is 2.60. The molecular formula is C23H16ClF4NO3. The molecule has 0 atom stereocenters. The molecule has 166 valence electrons. The highest BCUT2D eigenvalue weighted by Crippen LogP contribution is 2.24. The van der Waals surface area contributed by atoms with Crippen LogP contribution < -0.4 is 14.8 Å².